The van der Waals surface area contributed by atoms with E-state index in [0.29, 0.717) is 12.1 Å². The zero-order chi connectivity index (χ0) is 14.6. The number of hydrogen-bond acceptors (Lipinski definition) is 2. The highest BCUT2D eigenvalue weighted by Gasteiger charge is 2.18. The van der Waals surface area contributed by atoms with Crippen molar-refractivity contribution in [2.75, 3.05) is 13.1 Å². The van der Waals surface area contributed by atoms with Crippen molar-refractivity contribution in [3.63, 3.8) is 0 Å². The smallest absolute Gasteiger partial charge is 0.323 e. The fraction of sp³-hybridized carbons (Fsp3) is 0.467. The SMILES string of the molecule is CCN(CC(=O)O)C(=O)c1ccc(C(C)(C)C)cc1. The molecule has 0 atom stereocenters. The molecule has 0 radical (unpaired) electrons. The van der Waals surface area contributed by atoms with Crippen LogP contribution in [0.25, 0.3) is 0 Å². The molecule has 1 aromatic carbocycles. The lowest BCUT2D eigenvalue weighted by atomic mass is 9.86. The van der Waals surface area contributed by atoms with Crippen molar-refractivity contribution in [2.24, 2.45) is 0 Å². The molecule has 4 nitrogen and oxygen atoms in total. The van der Waals surface area contributed by atoms with Gasteiger partial charge in [0.15, 0.2) is 0 Å². The molecule has 4 heteroatoms. The third kappa shape index (κ3) is 4.09. The fourth-order valence-corrected chi connectivity index (χ4v) is 1.79. The van der Waals surface area contributed by atoms with Crippen LogP contribution in [0.4, 0.5) is 0 Å². The van der Waals surface area contributed by atoms with Gasteiger partial charge in [-0.25, -0.2) is 0 Å². The van der Waals surface area contributed by atoms with Gasteiger partial charge < -0.3 is 10.0 Å². The first kappa shape index (κ1) is 15.2. The molecule has 0 aliphatic heterocycles. The van der Waals surface area contributed by atoms with Gasteiger partial charge in [0.25, 0.3) is 5.91 Å². The van der Waals surface area contributed by atoms with E-state index in [1.165, 1.54) is 4.90 Å². The van der Waals surface area contributed by atoms with Crippen molar-refractivity contribution in [2.45, 2.75) is 33.1 Å². The number of carboxylic acid groups (broad SMARTS) is 1. The molecule has 0 saturated heterocycles. The van der Waals surface area contributed by atoms with Gasteiger partial charge in [0.05, 0.1) is 0 Å². The quantitative estimate of drug-likeness (QED) is 0.908. The molecule has 1 N–H and O–H groups in total. The molecular formula is C15H21NO3. The van der Waals surface area contributed by atoms with E-state index >= 15 is 0 Å². The molecule has 1 rings (SSSR count). The molecule has 0 aromatic heterocycles. The van der Waals surface area contributed by atoms with Gasteiger partial charge in [-0.15, -0.1) is 0 Å². The van der Waals surface area contributed by atoms with Gasteiger partial charge in [-0.3, -0.25) is 9.59 Å². The second-order valence-electron chi connectivity index (χ2n) is 5.54. The summed E-state index contributed by atoms with van der Waals surface area (Å²) in [7, 11) is 0. The molecule has 1 aromatic rings. The number of likely N-dealkylation sites (N-methyl/N-ethyl adjacent to an activating group) is 1. The Morgan fingerprint density at radius 3 is 2.05 bits per heavy atom. The lowest BCUT2D eigenvalue weighted by Crippen LogP contribution is -2.35. The van der Waals surface area contributed by atoms with Crippen LogP contribution in [0.5, 0.6) is 0 Å². The molecule has 0 heterocycles. The van der Waals surface area contributed by atoms with Crippen LogP contribution in [-0.2, 0) is 10.2 Å². The summed E-state index contributed by atoms with van der Waals surface area (Å²) < 4.78 is 0. The molecule has 1 amide bonds. The first-order valence-corrected chi connectivity index (χ1v) is 6.37. The van der Waals surface area contributed by atoms with Crippen molar-refractivity contribution in [1.82, 2.24) is 4.90 Å². The predicted molar refractivity (Wildman–Crippen MR) is 74.4 cm³/mol. The summed E-state index contributed by atoms with van der Waals surface area (Å²) in [4.78, 5) is 24.1. The molecule has 0 unspecified atom stereocenters. The average Bonchev–Trinajstić information content (AvgIpc) is 2.34. The van der Waals surface area contributed by atoms with Crippen LogP contribution < -0.4 is 0 Å². The van der Waals surface area contributed by atoms with Crippen LogP contribution in [0, 0.1) is 0 Å². The zero-order valence-electron chi connectivity index (χ0n) is 11.9. The van der Waals surface area contributed by atoms with Crippen molar-refractivity contribution in [1.29, 1.82) is 0 Å². The number of carboxylic acids is 1. The Hall–Kier alpha value is -1.84. The summed E-state index contributed by atoms with van der Waals surface area (Å²) in [5.74, 6) is -1.24. The largest absolute Gasteiger partial charge is 0.480 e. The van der Waals surface area contributed by atoms with E-state index in [9.17, 15) is 9.59 Å². The first-order valence-electron chi connectivity index (χ1n) is 6.37. The van der Waals surface area contributed by atoms with Crippen LogP contribution in [0.2, 0.25) is 0 Å². The minimum Gasteiger partial charge on any atom is -0.480 e. The van der Waals surface area contributed by atoms with Gasteiger partial charge in [-0.05, 0) is 30.0 Å². The van der Waals surface area contributed by atoms with Gasteiger partial charge in [0, 0.05) is 12.1 Å². The highest BCUT2D eigenvalue weighted by molar-refractivity contribution is 5.95. The molecule has 0 aliphatic carbocycles. The summed E-state index contributed by atoms with van der Waals surface area (Å²) in [6.07, 6.45) is 0. The molecular weight excluding hydrogens is 242 g/mol. The summed E-state index contributed by atoms with van der Waals surface area (Å²) in [5, 5.41) is 8.77. The second kappa shape index (κ2) is 5.87. The maximum Gasteiger partial charge on any atom is 0.323 e. The molecule has 0 aliphatic rings. The average molecular weight is 263 g/mol. The van der Waals surface area contributed by atoms with E-state index in [0.717, 1.165) is 5.56 Å². The zero-order valence-corrected chi connectivity index (χ0v) is 11.9. The Bertz CT molecular complexity index is 457. The highest BCUT2D eigenvalue weighted by Crippen LogP contribution is 2.22. The summed E-state index contributed by atoms with van der Waals surface area (Å²) in [6, 6.07) is 7.35. The monoisotopic (exact) mass is 263 g/mol. The Kier molecular flexibility index (Phi) is 4.70. The molecule has 0 bridgehead atoms. The third-order valence-corrected chi connectivity index (χ3v) is 2.99. The van der Waals surface area contributed by atoms with Gasteiger partial charge in [0.2, 0.25) is 0 Å². The molecule has 0 fully saturated rings. The first-order chi connectivity index (χ1) is 8.75. The number of aliphatic carboxylic acids is 1. The molecule has 104 valence electrons. The third-order valence-electron chi connectivity index (χ3n) is 2.99. The van der Waals surface area contributed by atoms with Crippen LogP contribution in [-0.4, -0.2) is 35.0 Å². The standard InChI is InChI=1S/C15H21NO3/c1-5-16(10-13(17)18)14(19)11-6-8-12(9-7-11)15(2,3)4/h6-9H,5,10H2,1-4H3,(H,17,18). The molecule has 0 spiro atoms. The van der Waals surface area contributed by atoms with Gasteiger partial charge in [-0.1, -0.05) is 32.9 Å². The Labute approximate surface area is 114 Å². The lowest BCUT2D eigenvalue weighted by Gasteiger charge is -2.21. The number of carbonyl (C=O) groups is 2. The van der Waals surface area contributed by atoms with E-state index in [4.69, 9.17) is 5.11 Å². The topological polar surface area (TPSA) is 57.6 Å². The van der Waals surface area contributed by atoms with Crippen LogP contribution >= 0.6 is 0 Å². The van der Waals surface area contributed by atoms with Crippen molar-refractivity contribution in [3.05, 3.63) is 35.4 Å². The Morgan fingerprint density at radius 2 is 1.68 bits per heavy atom. The van der Waals surface area contributed by atoms with Crippen molar-refractivity contribution in [3.8, 4) is 0 Å². The van der Waals surface area contributed by atoms with Crippen molar-refractivity contribution < 1.29 is 14.7 Å². The second-order valence-corrected chi connectivity index (χ2v) is 5.54. The summed E-state index contributed by atoms with van der Waals surface area (Å²) >= 11 is 0. The normalized spacial score (nSPS) is 11.2. The number of rotatable bonds is 4. The Balaban J connectivity index is 2.91. The lowest BCUT2D eigenvalue weighted by molar-refractivity contribution is -0.137. The minimum absolute atomic E-state index is 0.0348. The van der Waals surface area contributed by atoms with Crippen molar-refractivity contribution >= 4 is 11.9 Å². The molecule has 0 saturated carbocycles. The number of carbonyl (C=O) groups excluding carboxylic acids is 1. The van der Waals surface area contributed by atoms with E-state index in [2.05, 4.69) is 20.8 Å². The van der Waals surface area contributed by atoms with Gasteiger partial charge >= 0.3 is 5.97 Å². The highest BCUT2D eigenvalue weighted by atomic mass is 16.4. The van der Waals surface area contributed by atoms with E-state index in [1.807, 2.05) is 12.1 Å². The summed E-state index contributed by atoms with van der Waals surface area (Å²) in [5.41, 5.74) is 1.70. The number of amides is 1. The maximum atomic E-state index is 12.1. The Morgan fingerprint density at radius 1 is 1.16 bits per heavy atom. The maximum absolute atomic E-state index is 12.1. The fourth-order valence-electron chi connectivity index (χ4n) is 1.79. The molecule has 19 heavy (non-hydrogen) atoms. The number of benzene rings is 1. The van der Waals surface area contributed by atoms with Gasteiger partial charge in [0.1, 0.15) is 6.54 Å². The van der Waals surface area contributed by atoms with E-state index in [-0.39, 0.29) is 17.9 Å². The van der Waals surface area contributed by atoms with E-state index < -0.39 is 5.97 Å². The van der Waals surface area contributed by atoms with Crippen LogP contribution in [0.15, 0.2) is 24.3 Å². The van der Waals surface area contributed by atoms with Crippen LogP contribution in [0.3, 0.4) is 0 Å². The summed E-state index contributed by atoms with van der Waals surface area (Å²) in [6.45, 7) is 8.19. The van der Waals surface area contributed by atoms with Gasteiger partial charge in [-0.2, -0.15) is 0 Å². The predicted octanol–water partition coefficient (Wildman–Crippen LogP) is 2.53. The van der Waals surface area contributed by atoms with E-state index in [1.54, 1.807) is 19.1 Å². The van der Waals surface area contributed by atoms with Crippen LogP contribution in [0.1, 0.15) is 43.6 Å². The minimum atomic E-state index is -0.999. The number of nitrogens with zero attached hydrogens (tertiary/aromatic N) is 1. The number of hydrogen-bond donors (Lipinski definition) is 1.